The molecule has 5 rings (SSSR count). The summed E-state index contributed by atoms with van der Waals surface area (Å²) >= 11 is 0. The van der Waals surface area contributed by atoms with E-state index in [0.29, 0.717) is 23.8 Å². The van der Waals surface area contributed by atoms with Gasteiger partial charge in [-0.1, -0.05) is 33.1 Å². The molecule has 0 aromatic rings. The fourth-order valence-electron chi connectivity index (χ4n) is 9.08. The molecular formula is C26H42N2O. The first-order valence-corrected chi connectivity index (χ1v) is 12.7. The van der Waals surface area contributed by atoms with Crippen LogP contribution >= 0.6 is 0 Å². The zero-order chi connectivity index (χ0) is 20.2. The average molecular weight is 399 g/mol. The third-order valence-electron chi connectivity index (χ3n) is 10.6. The van der Waals surface area contributed by atoms with E-state index >= 15 is 0 Å². The molecule has 0 radical (unpaired) electrons. The van der Waals surface area contributed by atoms with Crippen molar-refractivity contribution in [3.05, 3.63) is 0 Å². The molecule has 8 atom stereocenters. The molecule has 0 aromatic heterocycles. The maximum atomic E-state index is 13.5. The summed E-state index contributed by atoms with van der Waals surface area (Å²) in [4.78, 5) is 20.1. The second-order valence-corrected chi connectivity index (χ2v) is 11.9. The lowest BCUT2D eigenvalue weighted by atomic mass is 9.41. The van der Waals surface area contributed by atoms with Crippen molar-refractivity contribution in [3.8, 4) is 0 Å². The van der Waals surface area contributed by atoms with Gasteiger partial charge in [0.15, 0.2) is 5.78 Å². The molecule has 3 heteroatoms. The predicted molar refractivity (Wildman–Crippen MR) is 119 cm³/mol. The van der Waals surface area contributed by atoms with Gasteiger partial charge in [0.25, 0.3) is 0 Å². The first-order chi connectivity index (χ1) is 13.9. The lowest BCUT2D eigenvalue weighted by Gasteiger charge is -2.63. The van der Waals surface area contributed by atoms with E-state index in [0.717, 1.165) is 36.6 Å². The van der Waals surface area contributed by atoms with E-state index in [1.54, 1.807) is 0 Å². The van der Waals surface area contributed by atoms with Crippen LogP contribution in [0.5, 0.6) is 0 Å². The van der Waals surface area contributed by atoms with Gasteiger partial charge in [0, 0.05) is 12.5 Å². The number of ketones is 1. The highest BCUT2D eigenvalue weighted by atomic mass is 16.1. The molecular weight excluding hydrogens is 356 g/mol. The minimum Gasteiger partial charge on any atom is -0.353 e. The summed E-state index contributed by atoms with van der Waals surface area (Å²) in [6.45, 7) is 8.83. The van der Waals surface area contributed by atoms with Gasteiger partial charge in [-0.3, -0.25) is 9.79 Å². The van der Waals surface area contributed by atoms with Gasteiger partial charge in [-0.2, -0.15) is 0 Å². The van der Waals surface area contributed by atoms with E-state index < -0.39 is 0 Å². The summed E-state index contributed by atoms with van der Waals surface area (Å²) in [5.41, 5.74) is 0.846. The summed E-state index contributed by atoms with van der Waals surface area (Å²) in [5.74, 6) is 4.38. The van der Waals surface area contributed by atoms with Crippen LogP contribution in [0, 0.1) is 40.4 Å². The monoisotopic (exact) mass is 398 g/mol. The van der Waals surface area contributed by atoms with E-state index in [1.807, 2.05) is 6.34 Å². The predicted octanol–water partition coefficient (Wildman–Crippen LogP) is 5.73. The summed E-state index contributed by atoms with van der Waals surface area (Å²) in [6.07, 6.45) is 17.2. The highest BCUT2D eigenvalue weighted by molar-refractivity contribution is 5.85. The SMILES string of the molecule is CC1CN(CC(=O)[C@H]2CCC[C@H]3[C@@H]4CCC5CCCC[C@]5(C)[C@H]4CC[C@]23C)C=N1. The zero-order valence-electron chi connectivity index (χ0n) is 19.0. The molecule has 0 amide bonds. The fraction of sp³-hybridized carbons (Fsp3) is 0.923. The van der Waals surface area contributed by atoms with E-state index in [4.69, 9.17) is 0 Å². The summed E-state index contributed by atoms with van der Waals surface area (Å²) in [5, 5.41) is 0. The third kappa shape index (κ3) is 3.21. The Morgan fingerprint density at radius 1 is 0.966 bits per heavy atom. The second kappa shape index (κ2) is 7.38. The molecule has 5 aliphatic rings. The molecule has 2 unspecified atom stereocenters. The highest BCUT2D eigenvalue weighted by Crippen LogP contribution is 2.66. The lowest BCUT2D eigenvalue weighted by Crippen LogP contribution is -2.57. The van der Waals surface area contributed by atoms with Crippen molar-refractivity contribution in [2.75, 3.05) is 13.1 Å². The Morgan fingerprint density at radius 2 is 1.79 bits per heavy atom. The van der Waals surface area contributed by atoms with Crippen molar-refractivity contribution in [1.82, 2.24) is 4.90 Å². The van der Waals surface area contributed by atoms with E-state index in [-0.39, 0.29) is 11.3 Å². The largest absolute Gasteiger partial charge is 0.353 e. The van der Waals surface area contributed by atoms with Gasteiger partial charge in [-0.05, 0) is 92.8 Å². The second-order valence-electron chi connectivity index (χ2n) is 11.9. The van der Waals surface area contributed by atoms with Crippen LogP contribution in [0.3, 0.4) is 0 Å². The Balaban J connectivity index is 1.35. The summed E-state index contributed by atoms with van der Waals surface area (Å²) < 4.78 is 0. The lowest BCUT2D eigenvalue weighted by molar-refractivity contribution is -0.155. The Morgan fingerprint density at radius 3 is 2.59 bits per heavy atom. The molecule has 4 aliphatic carbocycles. The van der Waals surface area contributed by atoms with Crippen LogP contribution < -0.4 is 0 Å². The summed E-state index contributed by atoms with van der Waals surface area (Å²) in [7, 11) is 0. The number of hydrogen-bond acceptors (Lipinski definition) is 3. The van der Waals surface area contributed by atoms with Crippen molar-refractivity contribution in [2.24, 2.45) is 45.4 Å². The number of fused-ring (bicyclic) bond motifs is 5. The van der Waals surface area contributed by atoms with Crippen molar-refractivity contribution in [3.63, 3.8) is 0 Å². The molecule has 29 heavy (non-hydrogen) atoms. The Labute approximate surface area is 178 Å². The molecule has 0 N–H and O–H groups in total. The van der Waals surface area contributed by atoms with Gasteiger partial charge in [0.05, 0.1) is 18.9 Å². The Hall–Kier alpha value is -0.860. The number of Topliss-reactive ketones (excluding diaryl/α,β-unsaturated/α-hetero) is 1. The van der Waals surface area contributed by atoms with Gasteiger partial charge < -0.3 is 4.90 Å². The van der Waals surface area contributed by atoms with Crippen LogP contribution in [0.1, 0.15) is 91.4 Å². The van der Waals surface area contributed by atoms with Crippen LogP contribution in [-0.2, 0) is 4.79 Å². The van der Waals surface area contributed by atoms with Crippen molar-refractivity contribution < 1.29 is 4.79 Å². The molecule has 0 saturated heterocycles. The molecule has 162 valence electrons. The van der Waals surface area contributed by atoms with E-state index in [9.17, 15) is 4.79 Å². The van der Waals surface area contributed by atoms with E-state index in [1.165, 1.54) is 64.2 Å². The first kappa shape index (κ1) is 20.1. The Kier molecular flexibility index (Phi) is 5.10. The number of carbonyl (C=O) groups is 1. The van der Waals surface area contributed by atoms with Gasteiger partial charge in [-0.25, -0.2) is 0 Å². The van der Waals surface area contributed by atoms with Gasteiger partial charge in [0.1, 0.15) is 0 Å². The minimum absolute atomic E-state index is 0.247. The van der Waals surface area contributed by atoms with E-state index in [2.05, 4.69) is 30.7 Å². The first-order valence-electron chi connectivity index (χ1n) is 12.7. The van der Waals surface area contributed by atoms with Gasteiger partial charge >= 0.3 is 0 Å². The highest BCUT2D eigenvalue weighted by Gasteiger charge is 2.59. The smallest absolute Gasteiger partial charge is 0.155 e. The van der Waals surface area contributed by atoms with Gasteiger partial charge in [-0.15, -0.1) is 0 Å². The number of carbonyl (C=O) groups excluding carboxylic acids is 1. The molecule has 0 aromatic carbocycles. The normalized spacial score (nSPS) is 49.3. The summed E-state index contributed by atoms with van der Waals surface area (Å²) in [6, 6.07) is 0.347. The van der Waals surface area contributed by atoms with Crippen LogP contribution in [0.4, 0.5) is 0 Å². The van der Waals surface area contributed by atoms with Crippen molar-refractivity contribution in [2.45, 2.75) is 97.4 Å². The maximum absolute atomic E-state index is 13.5. The molecule has 0 spiro atoms. The topological polar surface area (TPSA) is 32.7 Å². The number of aliphatic imine (C=N–C) groups is 1. The quantitative estimate of drug-likeness (QED) is 0.608. The van der Waals surface area contributed by atoms with Crippen LogP contribution in [0.15, 0.2) is 4.99 Å². The molecule has 1 aliphatic heterocycles. The molecule has 1 heterocycles. The Bertz CT molecular complexity index is 674. The minimum atomic E-state index is 0.247. The average Bonchev–Trinajstić information content (AvgIpc) is 3.10. The standard InChI is InChI=1S/C26H42N2O/c1-18-15-28(17-27-18)16-24(29)23-9-6-8-21-20-11-10-19-7-4-5-13-25(19,2)22(20)12-14-26(21,23)3/h17-23H,4-16H2,1-3H3/t18?,19?,20-,21-,22-,23+,25-,26-/m0/s1. The van der Waals surface area contributed by atoms with Crippen molar-refractivity contribution >= 4 is 12.1 Å². The fourth-order valence-corrected chi connectivity index (χ4v) is 9.08. The maximum Gasteiger partial charge on any atom is 0.155 e. The number of hydrogen-bond donors (Lipinski definition) is 0. The molecule has 4 saturated carbocycles. The van der Waals surface area contributed by atoms with Crippen LogP contribution in [0.25, 0.3) is 0 Å². The van der Waals surface area contributed by atoms with Crippen LogP contribution in [0.2, 0.25) is 0 Å². The third-order valence-corrected chi connectivity index (χ3v) is 10.6. The number of rotatable bonds is 3. The van der Waals surface area contributed by atoms with Crippen LogP contribution in [-0.4, -0.2) is 36.2 Å². The molecule has 3 nitrogen and oxygen atoms in total. The number of nitrogens with zero attached hydrogens (tertiary/aromatic N) is 2. The molecule has 0 bridgehead atoms. The zero-order valence-corrected chi connectivity index (χ0v) is 19.0. The van der Waals surface area contributed by atoms with Crippen molar-refractivity contribution in [1.29, 1.82) is 0 Å². The molecule has 4 fully saturated rings. The van der Waals surface area contributed by atoms with Gasteiger partial charge in [0.2, 0.25) is 0 Å².